The summed E-state index contributed by atoms with van der Waals surface area (Å²) in [6.07, 6.45) is 5.64. The maximum atomic E-state index is 14.3. The number of hydrogen-bond donors (Lipinski definition) is 8. The van der Waals surface area contributed by atoms with Crippen LogP contribution in [0.2, 0.25) is 0 Å². The second kappa shape index (κ2) is 31.2. The van der Waals surface area contributed by atoms with Crippen molar-refractivity contribution in [1.82, 2.24) is 52.3 Å². The van der Waals surface area contributed by atoms with Gasteiger partial charge in [0.25, 0.3) is 0 Å². The Morgan fingerprint density at radius 3 is 1.12 bits per heavy atom. The first-order valence-electron chi connectivity index (χ1n) is 26.7. The smallest absolute Gasteiger partial charge is 0.246 e. The van der Waals surface area contributed by atoms with Crippen LogP contribution >= 0.6 is 24.8 Å². The molecule has 2 aliphatic heterocycles. The fraction of sp³-hybridized carbons (Fsp3) is 0.643. The van der Waals surface area contributed by atoms with Gasteiger partial charge in [0, 0.05) is 38.0 Å². The van der Waals surface area contributed by atoms with Crippen LogP contribution in [0.25, 0.3) is 0 Å². The number of carbonyl (C=O) groups is 8. The SMILES string of the molecule is CN[C@@H](C)C(=O)N[C@H](C(=O)N1C[C@@H](NC(=O)CCCCCCCCC(=O)N[C@H]2C[C@@H](C(=O)N[C@H](C)c3ccccc3)N(C(=O)[C@@H](NC(=O)[C@H](C)NC)C(C)(C)C)C2)C[C@H]1C(=O)N[C@H](C)c1ccccc1)C(C)(C)C.Cl.Cl. The molecular formula is C56H90Cl2N10O8. The molecule has 0 unspecified atom stereocenters. The van der Waals surface area contributed by atoms with Crippen molar-refractivity contribution < 1.29 is 38.4 Å². The molecule has 2 saturated heterocycles. The summed E-state index contributed by atoms with van der Waals surface area (Å²) in [4.78, 5) is 112. The van der Waals surface area contributed by atoms with E-state index < -0.39 is 59.2 Å². The van der Waals surface area contributed by atoms with E-state index in [4.69, 9.17) is 0 Å². The first-order valence-corrected chi connectivity index (χ1v) is 26.7. The van der Waals surface area contributed by atoms with Gasteiger partial charge in [0.2, 0.25) is 47.3 Å². The van der Waals surface area contributed by atoms with Gasteiger partial charge in [-0.1, -0.05) is 128 Å². The summed E-state index contributed by atoms with van der Waals surface area (Å²) in [7, 11) is 3.33. The average molecular weight is 1100 g/mol. The van der Waals surface area contributed by atoms with Crippen molar-refractivity contribution in [3.63, 3.8) is 0 Å². The number of benzene rings is 2. The van der Waals surface area contributed by atoms with Crippen LogP contribution in [-0.2, 0) is 38.4 Å². The molecule has 8 N–H and O–H groups in total. The molecule has 4 rings (SSSR count). The lowest BCUT2D eigenvalue weighted by molar-refractivity contribution is -0.144. The number of rotatable bonds is 25. The Kier molecular flexibility index (Phi) is 27.4. The van der Waals surface area contributed by atoms with Gasteiger partial charge < -0.3 is 52.3 Å². The van der Waals surface area contributed by atoms with Gasteiger partial charge in [-0.05, 0) is 89.4 Å². The van der Waals surface area contributed by atoms with Gasteiger partial charge in [0.05, 0.1) is 24.2 Å². The van der Waals surface area contributed by atoms with Gasteiger partial charge in [-0.25, -0.2) is 0 Å². The molecule has 0 saturated carbocycles. The molecule has 0 spiro atoms. The maximum Gasteiger partial charge on any atom is 0.246 e. The molecule has 0 bridgehead atoms. The molecule has 2 aromatic carbocycles. The number of amides is 8. The highest BCUT2D eigenvalue weighted by atomic mass is 35.5. The van der Waals surface area contributed by atoms with Crippen molar-refractivity contribution in [2.45, 2.75) is 194 Å². The molecule has 8 amide bonds. The lowest BCUT2D eigenvalue weighted by atomic mass is 9.85. The monoisotopic (exact) mass is 1100 g/mol. The van der Waals surface area contributed by atoms with E-state index in [0.29, 0.717) is 12.8 Å². The normalized spacial score (nSPS) is 19.7. The Labute approximate surface area is 464 Å². The zero-order valence-electron chi connectivity index (χ0n) is 47.0. The van der Waals surface area contributed by atoms with E-state index in [2.05, 4.69) is 42.5 Å². The van der Waals surface area contributed by atoms with E-state index in [0.717, 1.165) is 36.8 Å². The highest BCUT2D eigenvalue weighted by molar-refractivity contribution is 5.95. The van der Waals surface area contributed by atoms with Gasteiger partial charge in [-0.15, -0.1) is 24.8 Å². The largest absolute Gasteiger partial charge is 0.351 e. The minimum atomic E-state index is -0.921. The quantitative estimate of drug-likeness (QED) is 0.0609. The second-order valence-electron chi connectivity index (χ2n) is 22.6. The molecule has 2 fully saturated rings. The average Bonchev–Trinajstić information content (AvgIpc) is 3.99. The molecular weight excluding hydrogens is 1010 g/mol. The summed E-state index contributed by atoms with van der Waals surface area (Å²) < 4.78 is 0. The van der Waals surface area contributed by atoms with E-state index in [1.54, 1.807) is 27.9 Å². The lowest BCUT2D eigenvalue weighted by Crippen LogP contribution is -2.59. The van der Waals surface area contributed by atoms with E-state index in [-0.39, 0.29) is 123 Å². The summed E-state index contributed by atoms with van der Waals surface area (Å²) in [5.74, 6) is -2.44. The molecule has 426 valence electrons. The van der Waals surface area contributed by atoms with E-state index in [1.165, 1.54) is 9.80 Å². The van der Waals surface area contributed by atoms with Crippen LogP contribution in [0.4, 0.5) is 0 Å². The van der Waals surface area contributed by atoms with E-state index in [9.17, 15) is 38.4 Å². The maximum absolute atomic E-state index is 14.3. The molecule has 2 aliphatic rings. The van der Waals surface area contributed by atoms with Crippen LogP contribution in [0.15, 0.2) is 60.7 Å². The summed E-state index contributed by atoms with van der Waals surface area (Å²) in [6, 6.07) is 12.8. The van der Waals surface area contributed by atoms with Gasteiger partial charge >= 0.3 is 0 Å². The topological polar surface area (TPSA) is 239 Å². The summed E-state index contributed by atoms with van der Waals surface area (Å²) in [6.45, 7) is 18.6. The van der Waals surface area contributed by atoms with Crippen molar-refractivity contribution in [3.05, 3.63) is 71.8 Å². The summed E-state index contributed by atoms with van der Waals surface area (Å²) in [5, 5.41) is 23.9. The van der Waals surface area contributed by atoms with Crippen molar-refractivity contribution in [1.29, 1.82) is 0 Å². The van der Waals surface area contributed by atoms with Crippen LogP contribution in [0.3, 0.4) is 0 Å². The van der Waals surface area contributed by atoms with Crippen molar-refractivity contribution in [3.8, 4) is 0 Å². The van der Waals surface area contributed by atoms with Crippen molar-refractivity contribution in [2.24, 2.45) is 10.8 Å². The van der Waals surface area contributed by atoms with Gasteiger partial charge in [0.1, 0.15) is 24.2 Å². The lowest BCUT2D eigenvalue weighted by Gasteiger charge is -2.36. The second-order valence-corrected chi connectivity index (χ2v) is 22.6. The highest BCUT2D eigenvalue weighted by Gasteiger charge is 2.47. The predicted molar refractivity (Wildman–Crippen MR) is 301 cm³/mol. The zero-order valence-corrected chi connectivity index (χ0v) is 48.6. The minimum absolute atomic E-state index is 0. The van der Waals surface area contributed by atoms with Crippen molar-refractivity contribution in [2.75, 3.05) is 27.2 Å². The summed E-state index contributed by atoms with van der Waals surface area (Å²) >= 11 is 0. The van der Waals surface area contributed by atoms with Gasteiger partial charge in [0.15, 0.2) is 0 Å². The third-order valence-electron chi connectivity index (χ3n) is 14.3. The third kappa shape index (κ3) is 19.9. The Balaban J connectivity index is 0.00000988. The third-order valence-corrected chi connectivity index (χ3v) is 14.3. The fourth-order valence-electron chi connectivity index (χ4n) is 9.44. The minimum Gasteiger partial charge on any atom is -0.351 e. The Bertz CT molecular complexity index is 2060. The molecule has 0 aliphatic carbocycles. The number of likely N-dealkylation sites (N-methyl/N-ethyl adjacent to an activating group) is 2. The number of unbranched alkanes of at least 4 members (excludes halogenated alkanes) is 5. The number of nitrogens with zero attached hydrogens (tertiary/aromatic N) is 2. The molecule has 2 heterocycles. The molecule has 0 radical (unpaired) electrons. The molecule has 10 atom stereocenters. The van der Waals surface area contributed by atoms with E-state index in [1.807, 2.05) is 116 Å². The van der Waals surface area contributed by atoms with Crippen LogP contribution in [0.5, 0.6) is 0 Å². The summed E-state index contributed by atoms with van der Waals surface area (Å²) in [5.41, 5.74) is 0.475. The molecule has 20 heteroatoms. The fourth-order valence-corrected chi connectivity index (χ4v) is 9.44. The number of nitrogens with one attached hydrogen (secondary N) is 8. The van der Waals surface area contributed by atoms with Crippen LogP contribution in [0.1, 0.15) is 157 Å². The van der Waals surface area contributed by atoms with E-state index >= 15 is 0 Å². The Morgan fingerprint density at radius 1 is 0.500 bits per heavy atom. The number of hydrogen-bond acceptors (Lipinski definition) is 10. The molecule has 0 aromatic heterocycles. The number of halogens is 2. The standard InChI is InChI=1S/C56H88N10O8.2ClH/c1-35(39-25-19-17-20-26-39)59-51(71)43-31-41(33-65(43)53(73)47(55(5,6)7)63-49(69)37(3)57-11)61-45(67)29-23-15-13-14-16-24-30-46(68)62-42-32-44(52(72)60-36(2)40-27-21-18-22-28-40)66(34-42)54(74)48(56(8,9)10)64-50(70)38(4)58-12;;/h17-22,25-28,35-38,41-44,47-48,57-58H,13-16,23-24,29-34H2,1-12H3,(H,59,71)(H,60,72)(H,61,67)(H,62,68)(H,63,69)(H,64,70);2*1H/t35-,36-,37+,38+,41+,42+,43+,44+,47-,48-;;/m1../s1. The Hall–Kier alpha value is -5.30. The molecule has 18 nitrogen and oxygen atoms in total. The number of carbonyl (C=O) groups excluding carboxylic acids is 8. The van der Waals surface area contributed by atoms with Gasteiger partial charge in [-0.2, -0.15) is 0 Å². The highest BCUT2D eigenvalue weighted by Crippen LogP contribution is 2.29. The Morgan fingerprint density at radius 2 is 0.816 bits per heavy atom. The predicted octanol–water partition coefficient (Wildman–Crippen LogP) is 5.15. The molecule has 2 aromatic rings. The first kappa shape index (κ1) is 66.8. The first-order chi connectivity index (χ1) is 34.9. The van der Waals surface area contributed by atoms with Crippen molar-refractivity contribution >= 4 is 72.1 Å². The van der Waals surface area contributed by atoms with Crippen LogP contribution in [-0.4, -0.2) is 133 Å². The molecule has 76 heavy (non-hydrogen) atoms. The number of likely N-dealkylation sites (tertiary alicyclic amines) is 2. The van der Waals surface area contributed by atoms with Gasteiger partial charge in [-0.3, -0.25) is 38.4 Å². The van der Waals surface area contributed by atoms with Crippen LogP contribution in [0, 0.1) is 10.8 Å². The zero-order chi connectivity index (χ0) is 54.9. The van der Waals surface area contributed by atoms with Crippen LogP contribution < -0.4 is 42.5 Å².